The molecule has 0 amide bonds. The Hall–Kier alpha value is -0.570. The lowest BCUT2D eigenvalue weighted by Crippen LogP contribution is -2.48. The highest BCUT2D eigenvalue weighted by Crippen LogP contribution is 2.54. The molecule has 70 valence electrons. The van der Waals surface area contributed by atoms with Crippen LogP contribution in [0.2, 0.25) is 0 Å². The summed E-state index contributed by atoms with van der Waals surface area (Å²) in [5.74, 6) is -0.471. The average Bonchev–Trinajstić information content (AvgIpc) is 1.81. The van der Waals surface area contributed by atoms with Crippen LogP contribution >= 0.6 is 0 Å². The van der Waals surface area contributed by atoms with Crippen molar-refractivity contribution in [3.8, 4) is 0 Å². The Morgan fingerprint density at radius 3 is 2.00 bits per heavy atom. The summed E-state index contributed by atoms with van der Waals surface area (Å²) in [6.45, 7) is 6.01. The third-order valence-electron chi connectivity index (χ3n) is 3.12. The van der Waals surface area contributed by atoms with E-state index in [1.807, 2.05) is 20.8 Å². The zero-order chi connectivity index (χ0) is 9.41. The lowest BCUT2D eigenvalue weighted by molar-refractivity contribution is -0.257. The second kappa shape index (κ2) is 2.73. The largest absolute Gasteiger partial charge is 0.348 e. The molecule has 1 aliphatic rings. The molecule has 0 saturated heterocycles. The van der Waals surface area contributed by atoms with Gasteiger partial charge < -0.3 is 4.89 Å². The Balaban J connectivity index is 2.83. The van der Waals surface area contributed by atoms with E-state index in [2.05, 4.69) is 4.89 Å². The molecule has 0 aromatic carbocycles. The van der Waals surface area contributed by atoms with Gasteiger partial charge in [0.1, 0.15) is 0 Å². The van der Waals surface area contributed by atoms with Crippen LogP contribution in [0.1, 0.15) is 40.0 Å². The minimum Gasteiger partial charge on any atom is -0.300 e. The summed E-state index contributed by atoms with van der Waals surface area (Å²) < 4.78 is 0. The van der Waals surface area contributed by atoms with Crippen LogP contribution in [-0.2, 0) is 9.68 Å². The maximum atomic E-state index is 11.3. The highest BCUT2D eigenvalue weighted by Gasteiger charge is 2.54. The van der Waals surface area contributed by atoms with E-state index >= 15 is 0 Å². The Bertz CT molecular complexity index is 186. The van der Waals surface area contributed by atoms with Gasteiger partial charge in [-0.3, -0.25) is 0 Å². The Kier molecular flexibility index (Phi) is 2.17. The van der Waals surface area contributed by atoms with Crippen LogP contribution in [0.3, 0.4) is 0 Å². The second-order valence-electron chi connectivity index (χ2n) is 4.56. The second-order valence-corrected chi connectivity index (χ2v) is 4.56. The molecular weight excluding hydrogens is 156 g/mol. The van der Waals surface area contributed by atoms with Gasteiger partial charge in [-0.05, 0) is 18.3 Å². The number of hydrogen-bond donors (Lipinski definition) is 1. The number of carbonyl (C=O) groups excluding carboxylic acids is 1. The fourth-order valence-electron chi connectivity index (χ4n) is 1.88. The van der Waals surface area contributed by atoms with Crippen molar-refractivity contribution in [1.29, 1.82) is 0 Å². The van der Waals surface area contributed by atoms with Crippen molar-refractivity contribution >= 4 is 5.97 Å². The topological polar surface area (TPSA) is 46.5 Å². The molecule has 0 heterocycles. The molecule has 0 bridgehead atoms. The van der Waals surface area contributed by atoms with Gasteiger partial charge in [0.05, 0.1) is 5.41 Å². The lowest BCUT2D eigenvalue weighted by Gasteiger charge is -2.48. The van der Waals surface area contributed by atoms with Gasteiger partial charge in [0.15, 0.2) is 0 Å². The van der Waals surface area contributed by atoms with E-state index in [0.29, 0.717) is 0 Å². The van der Waals surface area contributed by atoms with Crippen molar-refractivity contribution in [1.82, 2.24) is 0 Å². The smallest absolute Gasteiger partial charge is 0.300 e. The van der Waals surface area contributed by atoms with Gasteiger partial charge in [-0.25, -0.2) is 4.79 Å². The molecule has 1 N–H and O–H groups in total. The van der Waals surface area contributed by atoms with Crippen LogP contribution < -0.4 is 0 Å². The summed E-state index contributed by atoms with van der Waals surface area (Å²) in [7, 11) is 0. The first-order chi connectivity index (χ1) is 5.44. The van der Waals surface area contributed by atoms with Gasteiger partial charge in [-0.2, -0.15) is 5.26 Å². The SMILES string of the molecule is CC(C)(C)C1(C(=O)OO)CCC1. The first-order valence-corrected chi connectivity index (χ1v) is 4.30. The van der Waals surface area contributed by atoms with E-state index in [0.717, 1.165) is 19.3 Å². The molecule has 0 atom stereocenters. The van der Waals surface area contributed by atoms with Crippen molar-refractivity contribution in [3.63, 3.8) is 0 Å². The molecule has 0 aliphatic heterocycles. The fraction of sp³-hybridized carbons (Fsp3) is 0.889. The third-order valence-corrected chi connectivity index (χ3v) is 3.12. The van der Waals surface area contributed by atoms with E-state index in [1.165, 1.54) is 0 Å². The van der Waals surface area contributed by atoms with E-state index in [1.54, 1.807) is 0 Å². The van der Waals surface area contributed by atoms with Crippen molar-refractivity contribution in [2.45, 2.75) is 40.0 Å². The van der Waals surface area contributed by atoms with E-state index in [9.17, 15) is 4.79 Å². The van der Waals surface area contributed by atoms with Crippen molar-refractivity contribution in [3.05, 3.63) is 0 Å². The van der Waals surface area contributed by atoms with E-state index < -0.39 is 11.4 Å². The zero-order valence-corrected chi connectivity index (χ0v) is 7.89. The van der Waals surface area contributed by atoms with E-state index in [4.69, 9.17) is 5.26 Å². The predicted octanol–water partition coefficient (Wildman–Crippen LogP) is 2.22. The Morgan fingerprint density at radius 1 is 1.42 bits per heavy atom. The van der Waals surface area contributed by atoms with Gasteiger partial charge in [-0.15, -0.1) is 0 Å². The highest BCUT2D eigenvalue weighted by molar-refractivity contribution is 5.78. The lowest BCUT2D eigenvalue weighted by atomic mass is 9.55. The average molecular weight is 172 g/mol. The van der Waals surface area contributed by atoms with Crippen LogP contribution in [0, 0.1) is 10.8 Å². The number of hydrogen-bond acceptors (Lipinski definition) is 3. The molecule has 1 saturated carbocycles. The number of carbonyl (C=O) groups is 1. The Labute approximate surface area is 72.7 Å². The quantitative estimate of drug-likeness (QED) is 0.487. The summed E-state index contributed by atoms with van der Waals surface area (Å²) in [5.41, 5.74) is -0.563. The van der Waals surface area contributed by atoms with Crippen LogP contribution in [-0.4, -0.2) is 11.2 Å². The van der Waals surface area contributed by atoms with Crippen LogP contribution in [0.5, 0.6) is 0 Å². The normalized spacial score (nSPS) is 21.3. The molecular formula is C9H16O3. The van der Waals surface area contributed by atoms with Gasteiger partial charge in [0.25, 0.3) is 0 Å². The molecule has 3 heteroatoms. The molecule has 0 aromatic rings. The van der Waals surface area contributed by atoms with Crippen molar-refractivity contribution in [2.24, 2.45) is 10.8 Å². The summed E-state index contributed by atoms with van der Waals surface area (Å²) >= 11 is 0. The number of rotatable bonds is 1. The highest BCUT2D eigenvalue weighted by atomic mass is 17.1. The van der Waals surface area contributed by atoms with Gasteiger partial charge in [0.2, 0.25) is 0 Å². The van der Waals surface area contributed by atoms with Crippen molar-refractivity contribution in [2.75, 3.05) is 0 Å². The minimum absolute atomic E-state index is 0.120. The van der Waals surface area contributed by atoms with Gasteiger partial charge in [0, 0.05) is 0 Å². The molecule has 1 fully saturated rings. The summed E-state index contributed by atoms with van der Waals surface area (Å²) in [6.07, 6.45) is 2.71. The molecule has 0 radical (unpaired) electrons. The maximum Gasteiger partial charge on any atom is 0.348 e. The molecule has 0 aromatic heterocycles. The zero-order valence-electron chi connectivity index (χ0n) is 7.89. The molecule has 12 heavy (non-hydrogen) atoms. The Morgan fingerprint density at radius 2 is 1.92 bits per heavy atom. The standard InChI is InChI=1S/C9H16O3/c1-8(2,3)9(5-4-6-9)7(10)12-11/h11H,4-6H2,1-3H3. The summed E-state index contributed by atoms with van der Waals surface area (Å²) in [5, 5.41) is 8.35. The molecule has 1 rings (SSSR count). The maximum absolute atomic E-state index is 11.3. The van der Waals surface area contributed by atoms with Crippen LogP contribution in [0.4, 0.5) is 0 Å². The molecule has 0 unspecified atom stereocenters. The minimum atomic E-state index is -0.471. The molecule has 1 aliphatic carbocycles. The van der Waals surface area contributed by atoms with Gasteiger partial charge in [-0.1, -0.05) is 27.2 Å². The first-order valence-electron chi connectivity index (χ1n) is 4.30. The third kappa shape index (κ3) is 1.12. The van der Waals surface area contributed by atoms with Crippen LogP contribution in [0.25, 0.3) is 0 Å². The molecule has 3 nitrogen and oxygen atoms in total. The summed E-state index contributed by atoms with van der Waals surface area (Å²) in [6, 6.07) is 0. The van der Waals surface area contributed by atoms with Crippen molar-refractivity contribution < 1.29 is 14.9 Å². The summed E-state index contributed by atoms with van der Waals surface area (Å²) in [4.78, 5) is 15.1. The van der Waals surface area contributed by atoms with Gasteiger partial charge >= 0.3 is 5.97 Å². The predicted molar refractivity (Wildman–Crippen MR) is 44.5 cm³/mol. The first kappa shape index (κ1) is 9.52. The molecule has 0 spiro atoms. The monoisotopic (exact) mass is 172 g/mol. The van der Waals surface area contributed by atoms with Crippen LogP contribution in [0.15, 0.2) is 0 Å². The van der Waals surface area contributed by atoms with E-state index in [-0.39, 0.29) is 5.41 Å². The fourth-order valence-corrected chi connectivity index (χ4v) is 1.88.